The van der Waals surface area contributed by atoms with Crippen molar-refractivity contribution in [3.63, 3.8) is 0 Å². The molecule has 2 aromatic heterocycles. The molecule has 0 unspecified atom stereocenters. The van der Waals surface area contributed by atoms with E-state index in [0.717, 1.165) is 33.8 Å². The van der Waals surface area contributed by atoms with Crippen LogP contribution in [0.3, 0.4) is 0 Å². The zero-order valence-corrected chi connectivity index (χ0v) is 17.2. The van der Waals surface area contributed by atoms with Gasteiger partial charge >= 0.3 is 0 Å². The maximum Gasteiger partial charge on any atom is 0.261 e. The Labute approximate surface area is 164 Å². The third-order valence-corrected chi connectivity index (χ3v) is 5.66. The number of ether oxygens (including phenoxy) is 1. The van der Waals surface area contributed by atoms with Crippen LogP contribution < -0.4 is 10.1 Å². The van der Waals surface area contributed by atoms with E-state index in [2.05, 4.69) is 23.4 Å². The summed E-state index contributed by atoms with van der Waals surface area (Å²) in [6.07, 6.45) is 0. The van der Waals surface area contributed by atoms with Crippen LogP contribution in [0.4, 0.5) is 0 Å². The Hall–Kier alpha value is -2.60. The molecule has 1 amide bonds. The number of aryl methyl sites for hydroxylation is 4. The van der Waals surface area contributed by atoms with E-state index < -0.39 is 0 Å². The van der Waals surface area contributed by atoms with Crippen molar-refractivity contribution in [2.45, 2.75) is 40.8 Å². The molecule has 3 rings (SSSR count). The number of aromatic nitrogens is 2. The summed E-state index contributed by atoms with van der Waals surface area (Å²) >= 11 is 1.44. The fraction of sp³-hybridized carbons (Fsp3) is 0.333. The van der Waals surface area contributed by atoms with Gasteiger partial charge in [-0.25, -0.2) is 0 Å². The number of nitrogens with zero attached hydrogens (tertiary/aromatic N) is 2. The Morgan fingerprint density at radius 1 is 1.22 bits per heavy atom. The molecule has 0 saturated carbocycles. The van der Waals surface area contributed by atoms with Gasteiger partial charge in [-0.1, -0.05) is 17.7 Å². The van der Waals surface area contributed by atoms with Gasteiger partial charge in [-0.15, -0.1) is 11.3 Å². The van der Waals surface area contributed by atoms with Gasteiger partial charge in [-0.05, 0) is 50.8 Å². The first-order chi connectivity index (χ1) is 12.8. The molecular weight excluding hydrogens is 358 g/mol. The Bertz CT molecular complexity index is 972. The maximum absolute atomic E-state index is 12.5. The molecule has 0 radical (unpaired) electrons. The van der Waals surface area contributed by atoms with E-state index in [1.165, 1.54) is 16.9 Å². The van der Waals surface area contributed by atoms with Crippen LogP contribution in [0, 0.1) is 27.7 Å². The first-order valence-corrected chi connectivity index (χ1v) is 9.78. The highest BCUT2D eigenvalue weighted by Gasteiger charge is 2.13. The van der Waals surface area contributed by atoms with Gasteiger partial charge in [0.25, 0.3) is 5.91 Å². The molecular formula is C21H25N3O2S. The number of rotatable bonds is 6. The monoisotopic (exact) mass is 383 g/mol. The number of hydrogen-bond acceptors (Lipinski definition) is 4. The van der Waals surface area contributed by atoms with Gasteiger partial charge in [0.2, 0.25) is 0 Å². The zero-order valence-electron chi connectivity index (χ0n) is 16.4. The molecule has 0 saturated heterocycles. The van der Waals surface area contributed by atoms with E-state index in [0.29, 0.717) is 18.0 Å². The highest BCUT2D eigenvalue weighted by Crippen LogP contribution is 2.22. The molecule has 0 aliphatic heterocycles. The van der Waals surface area contributed by atoms with Gasteiger partial charge < -0.3 is 10.1 Å². The first-order valence-electron chi connectivity index (χ1n) is 8.90. The van der Waals surface area contributed by atoms with Crippen LogP contribution in [0.1, 0.15) is 43.3 Å². The molecule has 0 spiro atoms. The van der Waals surface area contributed by atoms with Crippen LogP contribution in [0.25, 0.3) is 0 Å². The first kappa shape index (κ1) is 19.2. The molecule has 2 heterocycles. The van der Waals surface area contributed by atoms with Crippen molar-refractivity contribution in [3.8, 4) is 5.75 Å². The third kappa shape index (κ3) is 4.39. The van der Waals surface area contributed by atoms with Crippen molar-refractivity contribution in [1.82, 2.24) is 15.1 Å². The van der Waals surface area contributed by atoms with E-state index in [1.807, 2.05) is 56.1 Å². The topological polar surface area (TPSA) is 56.1 Å². The molecule has 3 aromatic rings. The average Bonchev–Trinajstić information content (AvgIpc) is 3.18. The summed E-state index contributed by atoms with van der Waals surface area (Å²) in [7, 11) is 1.91. The third-order valence-electron chi connectivity index (χ3n) is 4.69. The molecule has 5 nitrogen and oxygen atoms in total. The Morgan fingerprint density at radius 3 is 2.67 bits per heavy atom. The Balaban J connectivity index is 1.58. The summed E-state index contributed by atoms with van der Waals surface area (Å²) in [4.78, 5) is 13.1. The Kier molecular flexibility index (Phi) is 5.65. The lowest BCUT2D eigenvalue weighted by molar-refractivity contribution is 0.0955. The number of carbonyl (C=O) groups is 1. The lowest BCUT2D eigenvalue weighted by atomic mass is 10.1. The van der Waals surface area contributed by atoms with E-state index in [4.69, 9.17) is 4.74 Å². The maximum atomic E-state index is 12.5. The van der Waals surface area contributed by atoms with Gasteiger partial charge in [0.1, 0.15) is 12.4 Å². The molecule has 0 aliphatic carbocycles. The minimum Gasteiger partial charge on any atom is -0.489 e. The lowest BCUT2D eigenvalue weighted by Crippen LogP contribution is -2.22. The van der Waals surface area contributed by atoms with Gasteiger partial charge in [-0.3, -0.25) is 9.48 Å². The molecule has 27 heavy (non-hydrogen) atoms. The number of carbonyl (C=O) groups excluding carboxylic acids is 1. The van der Waals surface area contributed by atoms with Crippen molar-refractivity contribution < 1.29 is 9.53 Å². The quantitative estimate of drug-likeness (QED) is 0.693. The fourth-order valence-corrected chi connectivity index (χ4v) is 3.83. The van der Waals surface area contributed by atoms with Crippen molar-refractivity contribution in [3.05, 3.63) is 68.2 Å². The minimum atomic E-state index is -0.0691. The SMILES string of the molecule is Cc1ccc(OCc2csc(C(=O)NCc3c(C)nn(C)c3C)c2)c(C)c1. The summed E-state index contributed by atoms with van der Waals surface area (Å²) in [6, 6.07) is 8.02. The summed E-state index contributed by atoms with van der Waals surface area (Å²) in [5.74, 6) is 0.806. The fourth-order valence-electron chi connectivity index (χ4n) is 3.02. The van der Waals surface area contributed by atoms with E-state index in [9.17, 15) is 4.79 Å². The average molecular weight is 384 g/mol. The number of nitrogens with one attached hydrogen (secondary N) is 1. The predicted octanol–water partition coefficient (Wildman–Crippen LogP) is 4.22. The van der Waals surface area contributed by atoms with Gasteiger partial charge in [0, 0.05) is 30.4 Å². The van der Waals surface area contributed by atoms with Crippen LogP contribution in [-0.4, -0.2) is 15.7 Å². The van der Waals surface area contributed by atoms with E-state index in [-0.39, 0.29) is 5.91 Å². The van der Waals surface area contributed by atoms with Crippen LogP contribution in [-0.2, 0) is 20.2 Å². The van der Waals surface area contributed by atoms with E-state index in [1.54, 1.807) is 0 Å². The molecule has 0 fully saturated rings. The van der Waals surface area contributed by atoms with Crippen LogP contribution in [0.5, 0.6) is 5.75 Å². The lowest BCUT2D eigenvalue weighted by Gasteiger charge is -2.08. The van der Waals surface area contributed by atoms with Crippen molar-refractivity contribution in [1.29, 1.82) is 0 Å². The van der Waals surface area contributed by atoms with Crippen molar-refractivity contribution >= 4 is 17.2 Å². The summed E-state index contributed by atoms with van der Waals surface area (Å²) < 4.78 is 7.74. The molecule has 6 heteroatoms. The van der Waals surface area contributed by atoms with Crippen LogP contribution in [0.2, 0.25) is 0 Å². The van der Waals surface area contributed by atoms with Crippen molar-refractivity contribution in [2.24, 2.45) is 7.05 Å². The summed E-state index contributed by atoms with van der Waals surface area (Å²) in [5.41, 5.74) is 6.42. The molecule has 0 aliphatic rings. The van der Waals surface area contributed by atoms with E-state index >= 15 is 0 Å². The molecule has 1 aromatic carbocycles. The second-order valence-corrected chi connectivity index (χ2v) is 7.74. The van der Waals surface area contributed by atoms with Crippen LogP contribution >= 0.6 is 11.3 Å². The standard InChI is InChI=1S/C21H25N3O2S/c1-13-6-7-19(14(2)8-13)26-11-17-9-20(27-12-17)21(25)22-10-18-15(3)23-24(5)16(18)4/h6-9,12H,10-11H2,1-5H3,(H,22,25). The summed E-state index contributed by atoms with van der Waals surface area (Å²) in [5, 5.41) is 9.34. The number of hydrogen-bond donors (Lipinski definition) is 1. The highest BCUT2D eigenvalue weighted by atomic mass is 32.1. The summed E-state index contributed by atoms with van der Waals surface area (Å²) in [6.45, 7) is 9.01. The second-order valence-electron chi connectivity index (χ2n) is 6.83. The molecule has 1 N–H and O–H groups in total. The smallest absolute Gasteiger partial charge is 0.261 e. The molecule has 0 bridgehead atoms. The minimum absolute atomic E-state index is 0.0691. The molecule has 0 atom stereocenters. The Morgan fingerprint density at radius 2 is 2.00 bits per heavy atom. The molecule has 142 valence electrons. The number of amides is 1. The van der Waals surface area contributed by atoms with Crippen molar-refractivity contribution in [2.75, 3.05) is 0 Å². The van der Waals surface area contributed by atoms with Gasteiger partial charge in [-0.2, -0.15) is 5.10 Å². The largest absolute Gasteiger partial charge is 0.489 e. The highest BCUT2D eigenvalue weighted by molar-refractivity contribution is 7.12. The zero-order chi connectivity index (χ0) is 19.6. The van der Waals surface area contributed by atoms with Gasteiger partial charge in [0.15, 0.2) is 0 Å². The normalized spacial score (nSPS) is 10.9. The number of benzene rings is 1. The van der Waals surface area contributed by atoms with Gasteiger partial charge in [0.05, 0.1) is 10.6 Å². The number of thiophene rings is 1. The van der Waals surface area contributed by atoms with Crippen LogP contribution in [0.15, 0.2) is 29.6 Å². The predicted molar refractivity (Wildman–Crippen MR) is 108 cm³/mol. The second kappa shape index (κ2) is 7.96.